The number of ether oxygens (including phenoxy) is 1. The third-order valence-electron chi connectivity index (χ3n) is 6.86. The molecule has 1 fully saturated rings. The number of imide groups is 1. The lowest BCUT2D eigenvalue weighted by molar-refractivity contribution is -0.136. The van der Waals surface area contributed by atoms with Gasteiger partial charge in [-0.15, -0.1) is 0 Å². The van der Waals surface area contributed by atoms with Crippen LogP contribution in [0.4, 0.5) is 5.69 Å². The number of benzene rings is 2. The third-order valence-corrected chi connectivity index (χ3v) is 6.86. The van der Waals surface area contributed by atoms with E-state index >= 15 is 0 Å². The molecule has 8 heteroatoms. The maximum Gasteiger partial charge on any atom is 0.255 e. The number of nitrogens with one attached hydrogen (secondary N) is 3. The molecule has 0 aliphatic carbocycles. The van der Waals surface area contributed by atoms with Crippen molar-refractivity contribution in [3.63, 3.8) is 0 Å². The maximum atomic E-state index is 12.9. The smallest absolute Gasteiger partial charge is 0.255 e. The summed E-state index contributed by atoms with van der Waals surface area (Å²) < 4.78 is 5.71. The Hall–Kier alpha value is -3.23. The van der Waals surface area contributed by atoms with Crippen LogP contribution in [0.25, 0.3) is 0 Å². The standard InChI is InChI=1S/C28H36N4O4/c1-18(2)24-15-22(6-5-20(24)10-12-36-13-11-29-3)30-16-19-4-7-23-21(14-19)17-32(28(23)35)25-8-9-26(33)31-27(25)34/h4-7,14-15,18,25,29-30H,8-13,16-17H2,1-3H3,(H,31,33,34). The Labute approximate surface area is 212 Å². The Morgan fingerprint density at radius 2 is 1.94 bits per heavy atom. The Bertz CT molecular complexity index is 1130. The number of fused-ring (bicyclic) bond motifs is 1. The van der Waals surface area contributed by atoms with Gasteiger partial charge in [-0.1, -0.05) is 32.0 Å². The molecule has 2 aromatic carbocycles. The van der Waals surface area contributed by atoms with Crippen LogP contribution in [0.1, 0.15) is 65.2 Å². The summed E-state index contributed by atoms with van der Waals surface area (Å²) >= 11 is 0. The molecule has 0 saturated carbocycles. The third kappa shape index (κ3) is 5.94. The average molecular weight is 493 g/mol. The summed E-state index contributed by atoms with van der Waals surface area (Å²) in [4.78, 5) is 38.2. The highest BCUT2D eigenvalue weighted by atomic mass is 16.5. The van der Waals surface area contributed by atoms with E-state index in [0.717, 1.165) is 29.8 Å². The molecule has 1 saturated heterocycles. The second kappa shape index (κ2) is 11.7. The predicted molar refractivity (Wildman–Crippen MR) is 139 cm³/mol. The van der Waals surface area contributed by atoms with Gasteiger partial charge in [0.25, 0.3) is 5.91 Å². The van der Waals surface area contributed by atoms with Gasteiger partial charge in [-0.05, 0) is 66.3 Å². The van der Waals surface area contributed by atoms with Crippen molar-refractivity contribution in [2.24, 2.45) is 0 Å². The molecular weight excluding hydrogens is 456 g/mol. The number of hydrogen-bond donors (Lipinski definition) is 3. The number of carbonyl (C=O) groups excluding carboxylic acids is 3. The lowest BCUT2D eigenvalue weighted by Crippen LogP contribution is -2.52. The van der Waals surface area contributed by atoms with E-state index in [1.54, 1.807) is 4.90 Å². The number of hydrogen-bond acceptors (Lipinski definition) is 6. The van der Waals surface area contributed by atoms with Crippen molar-refractivity contribution in [1.29, 1.82) is 0 Å². The van der Waals surface area contributed by atoms with Gasteiger partial charge in [-0.2, -0.15) is 0 Å². The monoisotopic (exact) mass is 492 g/mol. The highest BCUT2D eigenvalue weighted by Crippen LogP contribution is 2.29. The fraction of sp³-hybridized carbons (Fsp3) is 0.464. The number of amides is 3. The highest BCUT2D eigenvalue weighted by molar-refractivity contribution is 6.05. The van der Waals surface area contributed by atoms with Crippen LogP contribution in [0, 0.1) is 0 Å². The Morgan fingerprint density at radius 3 is 2.69 bits per heavy atom. The molecule has 2 aliphatic heterocycles. The molecule has 36 heavy (non-hydrogen) atoms. The first-order valence-corrected chi connectivity index (χ1v) is 12.7. The molecule has 1 atom stereocenters. The second-order valence-electron chi connectivity index (χ2n) is 9.78. The molecule has 8 nitrogen and oxygen atoms in total. The Kier molecular flexibility index (Phi) is 8.38. The molecule has 3 amide bonds. The molecular formula is C28H36N4O4. The Morgan fingerprint density at radius 1 is 1.11 bits per heavy atom. The van der Waals surface area contributed by atoms with Gasteiger partial charge >= 0.3 is 0 Å². The van der Waals surface area contributed by atoms with Crippen molar-refractivity contribution in [2.45, 2.75) is 58.2 Å². The minimum Gasteiger partial charge on any atom is -0.381 e. The molecule has 4 rings (SSSR count). The van der Waals surface area contributed by atoms with E-state index in [1.807, 2.05) is 25.2 Å². The molecule has 192 valence electrons. The van der Waals surface area contributed by atoms with E-state index in [-0.39, 0.29) is 24.1 Å². The number of anilines is 1. The van der Waals surface area contributed by atoms with Crippen LogP contribution in [-0.2, 0) is 33.8 Å². The van der Waals surface area contributed by atoms with Crippen molar-refractivity contribution < 1.29 is 19.1 Å². The van der Waals surface area contributed by atoms with Gasteiger partial charge in [0.1, 0.15) is 6.04 Å². The zero-order chi connectivity index (χ0) is 25.7. The van der Waals surface area contributed by atoms with Crippen molar-refractivity contribution >= 4 is 23.4 Å². The maximum absolute atomic E-state index is 12.9. The molecule has 3 N–H and O–H groups in total. The van der Waals surface area contributed by atoms with Gasteiger partial charge in [-0.25, -0.2) is 0 Å². The van der Waals surface area contributed by atoms with E-state index in [1.165, 1.54) is 11.1 Å². The van der Waals surface area contributed by atoms with Gasteiger partial charge in [0, 0.05) is 37.3 Å². The normalized spacial score (nSPS) is 17.5. The first-order chi connectivity index (χ1) is 17.4. The second-order valence-corrected chi connectivity index (χ2v) is 9.78. The van der Waals surface area contributed by atoms with Crippen LogP contribution < -0.4 is 16.0 Å². The zero-order valence-electron chi connectivity index (χ0n) is 21.4. The fourth-order valence-electron chi connectivity index (χ4n) is 4.87. The summed E-state index contributed by atoms with van der Waals surface area (Å²) in [6, 6.07) is 11.7. The zero-order valence-corrected chi connectivity index (χ0v) is 21.4. The SMILES string of the molecule is CNCCOCCc1ccc(NCc2ccc3c(c2)CN(C2CCC(=O)NC2=O)C3=O)cc1C(C)C. The number of carbonyl (C=O) groups is 3. The number of likely N-dealkylation sites (N-methyl/N-ethyl adjacent to an activating group) is 1. The first kappa shape index (κ1) is 25.9. The van der Waals surface area contributed by atoms with Gasteiger partial charge in [0.2, 0.25) is 11.8 Å². The van der Waals surface area contributed by atoms with Crippen LogP contribution in [0.5, 0.6) is 0 Å². The van der Waals surface area contributed by atoms with Crippen molar-refractivity contribution in [1.82, 2.24) is 15.5 Å². The minimum atomic E-state index is -0.592. The largest absolute Gasteiger partial charge is 0.381 e. The molecule has 1 unspecified atom stereocenters. The van der Waals surface area contributed by atoms with Gasteiger partial charge in [0.15, 0.2) is 0 Å². The van der Waals surface area contributed by atoms with Crippen LogP contribution in [0.2, 0.25) is 0 Å². The highest BCUT2D eigenvalue weighted by Gasteiger charge is 2.39. The summed E-state index contributed by atoms with van der Waals surface area (Å²) in [7, 11) is 1.92. The van der Waals surface area contributed by atoms with E-state index < -0.39 is 6.04 Å². The van der Waals surface area contributed by atoms with Crippen LogP contribution >= 0.6 is 0 Å². The van der Waals surface area contributed by atoms with Gasteiger partial charge in [-0.3, -0.25) is 19.7 Å². The van der Waals surface area contributed by atoms with E-state index in [9.17, 15) is 14.4 Å². The van der Waals surface area contributed by atoms with Crippen LogP contribution in [0.15, 0.2) is 36.4 Å². The molecule has 0 spiro atoms. The number of piperidine rings is 1. The van der Waals surface area contributed by atoms with Crippen molar-refractivity contribution in [3.8, 4) is 0 Å². The van der Waals surface area contributed by atoms with Gasteiger partial charge < -0.3 is 20.3 Å². The summed E-state index contributed by atoms with van der Waals surface area (Å²) in [6.45, 7) is 7.70. The summed E-state index contributed by atoms with van der Waals surface area (Å²) in [5.41, 5.74) is 6.30. The molecule has 2 aromatic rings. The average Bonchev–Trinajstić information content (AvgIpc) is 3.18. The summed E-state index contributed by atoms with van der Waals surface area (Å²) in [6.07, 6.45) is 1.52. The van der Waals surface area contributed by atoms with E-state index in [0.29, 0.717) is 44.2 Å². The van der Waals surface area contributed by atoms with E-state index in [4.69, 9.17) is 4.74 Å². The number of nitrogens with zero attached hydrogens (tertiary/aromatic N) is 1. The van der Waals surface area contributed by atoms with Crippen molar-refractivity contribution in [3.05, 3.63) is 64.2 Å². The molecule has 0 radical (unpaired) electrons. The van der Waals surface area contributed by atoms with Crippen LogP contribution in [0.3, 0.4) is 0 Å². The Balaban J connectivity index is 1.38. The fourth-order valence-corrected chi connectivity index (χ4v) is 4.87. The topological polar surface area (TPSA) is 99.8 Å². The predicted octanol–water partition coefficient (Wildman–Crippen LogP) is 2.96. The molecule has 2 heterocycles. The minimum absolute atomic E-state index is 0.147. The quantitative estimate of drug-likeness (QED) is 0.330. The van der Waals surface area contributed by atoms with Gasteiger partial charge in [0.05, 0.1) is 13.2 Å². The first-order valence-electron chi connectivity index (χ1n) is 12.7. The van der Waals surface area contributed by atoms with E-state index in [2.05, 4.69) is 48.0 Å². The lowest BCUT2D eigenvalue weighted by atomic mass is 9.95. The summed E-state index contributed by atoms with van der Waals surface area (Å²) in [5.74, 6) is -0.405. The summed E-state index contributed by atoms with van der Waals surface area (Å²) in [5, 5.41) is 8.95. The van der Waals surface area contributed by atoms with Crippen LogP contribution in [-0.4, -0.2) is 55.5 Å². The van der Waals surface area contributed by atoms with Crippen molar-refractivity contribution in [2.75, 3.05) is 32.1 Å². The molecule has 0 bridgehead atoms. The number of rotatable bonds is 11. The lowest BCUT2D eigenvalue weighted by Gasteiger charge is -2.29. The molecule has 2 aliphatic rings. The molecule has 0 aromatic heterocycles.